The van der Waals surface area contributed by atoms with Gasteiger partial charge in [0.15, 0.2) is 0 Å². The summed E-state index contributed by atoms with van der Waals surface area (Å²) in [5.74, 6) is 0. The van der Waals surface area contributed by atoms with E-state index in [9.17, 15) is 5.11 Å². The Bertz CT molecular complexity index is 45.8. The normalized spacial score (nSPS) is 13.9. The summed E-state index contributed by atoms with van der Waals surface area (Å²) in [6.07, 6.45) is 3.02. The lowest BCUT2D eigenvalue weighted by Gasteiger charge is -1.98. The Hall–Kier alpha value is 0.440. The van der Waals surface area contributed by atoms with Gasteiger partial charge in [0.1, 0.15) is 0 Å². The fourth-order valence-electron chi connectivity index (χ4n) is 0.528. The first kappa shape index (κ1) is 8.44. The number of alkyl halides is 1. The third kappa shape index (κ3) is 6.44. The first-order valence-electron chi connectivity index (χ1n) is 2.99. The maximum atomic E-state index is 9.90. The summed E-state index contributed by atoms with van der Waals surface area (Å²) in [4.78, 5) is 0.578. The third-order valence-electron chi connectivity index (χ3n) is 0.996. The highest BCUT2D eigenvalue weighted by Gasteiger charge is 1.93. The lowest BCUT2D eigenvalue weighted by atomic mass is 10.2. The summed E-state index contributed by atoms with van der Waals surface area (Å²) in [7, 11) is 0. The monoisotopic (exact) mass is 179 g/mol. The highest BCUT2D eigenvalue weighted by atomic mass is 79.9. The molecule has 1 unspecified atom stereocenters. The molecular weight excluding hydrogens is 168 g/mol. The van der Waals surface area contributed by atoms with E-state index >= 15 is 0 Å². The summed E-state index contributed by atoms with van der Waals surface area (Å²) in [6, 6.07) is 0. The number of rotatable bonds is 4. The van der Waals surface area contributed by atoms with E-state index in [4.69, 9.17) is 0 Å². The molecule has 0 N–H and O–H groups in total. The van der Waals surface area contributed by atoms with E-state index in [2.05, 4.69) is 22.9 Å². The molecule has 0 aliphatic carbocycles. The topological polar surface area (TPSA) is 19.9 Å². The fraction of sp³-hybridized carbons (Fsp3) is 1.00. The highest BCUT2D eigenvalue weighted by molar-refractivity contribution is 9.09. The van der Waals surface area contributed by atoms with Crippen LogP contribution in [-0.2, 0) is 5.11 Å². The molecule has 0 rings (SSSR count). The molecule has 0 aliphatic rings. The molecule has 0 aromatic heterocycles. The van der Waals surface area contributed by atoms with Crippen molar-refractivity contribution < 1.29 is 5.11 Å². The zero-order valence-corrected chi connectivity index (χ0v) is 6.78. The number of halogens is 1. The number of hydrogen-bond acceptors (Lipinski definition) is 0. The van der Waals surface area contributed by atoms with Crippen LogP contribution in [0.15, 0.2) is 0 Å². The SMILES string of the molecule is CC(Br)CCCC[O]. The number of hydrogen-bond donors (Lipinski definition) is 0. The van der Waals surface area contributed by atoms with Crippen molar-refractivity contribution in [2.75, 3.05) is 6.61 Å². The molecule has 1 atom stereocenters. The van der Waals surface area contributed by atoms with E-state index in [0.717, 1.165) is 19.3 Å². The molecule has 0 aromatic carbocycles. The minimum absolute atomic E-state index is 0.0831. The van der Waals surface area contributed by atoms with Crippen molar-refractivity contribution >= 4 is 15.9 Å². The Morgan fingerprint density at radius 1 is 1.50 bits per heavy atom. The van der Waals surface area contributed by atoms with Gasteiger partial charge >= 0.3 is 0 Å². The molecule has 2 heteroatoms. The molecule has 1 radical (unpaired) electrons. The molecule has 49 valence electrons. The smallest absolute Gasteiger partial charge is 0.0822 e. The quantitative estimate of drug-likeness (QED) is 0.467. The Morgan fingerprint density at radius 2 is 2.12 bits per heavy atom. The molecule has 0 saturated heterocycles. The van der Waals surface area contributed by atoms with Crippen molar-refractivity contribution in [2.45, 2.75) is 31.0 Å². The minimum Gasteiger partial charge on any atom is -0.237 e. The summed E-state index contributed by atoms with van der Waals surface area (Å²) < 4.78 is 0. The van der Waals surface area contributed by atoms with Crippen LogP contribution in [0.2, 0.25) is 0 Å². The fourth-order valence-corrected chi connectivity index (χ4v) is 0.851. The van der Waals surface area contributed by atoms with E-state index in [0.29, 0.717) is 4.83 Å². The van der Waals surface area contributed by atoms with Crippen LogP contribution in [0, 0.1) is 0 Å². The van der Waals surface area contributed by atoms with E-state index in [1.165, 1.54) is 0 Å². The lowest BCUT2D eigenvalue weighted by molar-refractivity contribution is 0.186. The predicted octanol–water partition coefficient (Wildman–Crippen LogP) is 2.37. The van der Waals surface area contributed by atoms with Crippen molar-refractivity contribution in [3.8, 4) is 0 Å². The van der Waals surface area contributed by atoms with Gasteiger partial charge in [0, 0.05) is 4.83 Å². The van der Waals surface area contributed by atoms with E-state index in [-0.39, 0.29) is 6.61 Å². The molecule has 0 spiro atoms. The maximum absolute atomic E-state index is 9.90. The van der Waals surface area contributed by atoms with Gasteiger partial charge in [0.25, 0.3) is 0 Å². The molecule has 0 amide bonds. The Labute approximate surface area is 59.2 Å². The molecular formula is C6H12BrO. The Balaban J connectivity index is 2.72. The van der Waals surface area contributed by atoms with Crippen molar-refractivity contribution in [3.05, 3.63) is 0 Å². The minimum atomic E-state index is 0.0831. The highest BCUT2D eigenvalue weighted by Crippen LogP contribution is 2.07. The van der Waals surface area contributed by atoms with Gasteiger partial charge in [-0.15, -0.1) is 0 Å². The summed E-state index contributed by atoms with van der Waals surface area (Å²) >= 11 is 3.40. The summed E-state index contributed by atoms with van der Waals surface area (Å²) in [5.41, 5.74) is 0. The van der Waals surface area contributed by atoms with Crippen molar-refractivity contribution in [1.29, 1.82) is 0 Å². The van der Waals surface area contributed by atoms with E-state index < -0.39 is 0 Å². The zero-order valence-electron chi connectivity index (χ0n) is 5.19. The van der Waals surface area contributed by atoms with Crippen LogP contribution in [0.4, 0.5) is 0 Å². The van der Waals surface area contributed by atoms with Crippen molar-refractivity contribution in [3.63, 3.8) is 0 Å². The third-order valence-corrected chi connectivity index (χ3v) is 1.45. The van der Waals surface area contributed by atoms with E-state index in [1.54, 1.807) is 0 Å². The Morgan fingerprint density at radius 3 is 2.50 bits per heavy atom. The molecule has 8 heavy (non-hydrogen) atoms. The van der Waals surface area contributed by atoms with E-state index in [1.807, 2.05) is 0 Å². The van der Waals surface area contributed by atoms with Gasteiger partial charge in [-0.25, -0.2) is 5.11 Å². The van der Waals surface area contributed by atoms with Gasteiger partial charge in [-0.2, -0.15) is 0 Å². The van der Waals surface area contributed by atoms with Gasteiger partial charge in [-0.3, -0.25) is 0 Å². The first-order valence-corrected chi connectivity index (χ1v) is 3.91. The average molecular weight is 180 g/mol. The second-order valence-corrected chi connectivity index (χ2v) is 3.54. The van der Waals surface area contributed by atoms with Crippen LogP contribution in [0.25, 0.3) is 0 Å². The van der Waals surface area contributed by atoms with Gasteiger partial charge in [0.05, 0.1) is 6.61 Å². The standard InChI is InChI=1S/C6H12BrO/c1-6(7)4-2-3-5-8/h6H,2-5H2,1H3. The molecule has 0 aromatic rings. The average Bonchev–Trinajstić information content (AvgIpc) is 1.66. The van der Waals surface area contributed by atoms with Crippen LogP contribution < -0.4 is 0 Å². The van der Waals surface area contributed by atoms with Crippen LogP contribution >= 0.6 is 15.9 Å². The second kappa shape index (κ2) is 5.57. The molecule has 0 fully saturated rings. The van der Waals surface area contributed by atoms with Crippen LogP contribution in [0.1, 0.15) is 26.2 Å². The summed E-state index contributed by atoms with van der Waals surface area (Å²) in [6.45, 7) is 2.19. The van der Waals surface area contributed by atoms with Gasteiger partial charge in [-0.05, 0) is 19.3 Å². The molecule has 0 saturated carbocycles. The second-order valence-electron chi connectivity index (χ2n) is 1.98. The first-order chi connectivity index (χ1) is 3.77. The van der Waals surface area contributed by atoms with Gasteiger partial charge in [-0.1, -0.05) is 22.9 Å². The van der Waals surface area contributed by atoms with Crippen molar-refractivity contribution in [1.82, 2.24) is 0 Å². The van der Waals surface area contributed by atoms with Crippen LogP contribution in [0.3, 0.4) is 0 Å². The molecule has 0 aliphatic heterocycles. The lowest BCUT2D eigenvalue weighted by Crippen LogP contribution is -1.90. The molecule has 1 nitrogen and oxygen atoms in total. The van der Waals surface area contributed by atoms with Crippen LogP contribution in [-0.4, -0.2) is 11.4 Å². The van der Waals surface area contributed by atoms with Gasteiger partial charge in [0.2, 0.25) is 0 Å². The van der Waals surface area contributed by atoms with Gasteiger partial charge < -0.3 is 0 Å². The maximum Gasteiger partial charge on any atom is 0.0822 e. The number of unbranched alkanes of at least 4 members (excludes halogenated alkanes) is 1. The molecule has 0 heterocycles. The Kier molecular flexibility index (Phi) is 5.88. The van der Waals surface area contributed by atoms with Crippen LogP contribution in [0.5, 0.6) is 0 Å². The zero-order chi connectivity index (χ0) is 6.41. The summed E-state index contributed by atoms with van der Waals surface area (Å²) in [5, 5.41) is 9.90. The van der Waals surface area contributed by atoms with Crippen molar-refractivity contribution in [2.24, 2.45) is 0 Å². The molecule has 0 bridgehead atoms. The largest absolute Gasteiger partial charge is 0.237 e. The predicted molar refractivity (Wildman–Crippen MR) is 37.8 cm³/mol.